The number of halogens is 1. The highest BCUT2D eigenvalue weighted by Crippen LogP contribution is 2.31. The van der Waals surface area contributed by atoms with Crippen molar-refractivity contribution in [2.75, 3.05) is 14.2 Å². The van der Waals surface area contributed by atoms with Crippen LogP contribution in [0.5, 0.6) is 5.75 Å². The molecule has 0 spiro atoms. The van der Waals surface area contributed by atoms with Crippen molar-refractivity contribution >= 4 is 22.5 Å². The van der Waals surface area contributed by atoms with E-state index < -0.39 is 16.3 Å². The Morgan fingerprint density at radius 2 is 2.12 bits per heavy atom. The third-order valence-corrected chi connectivity index (χ3v) is 2.34. The van der Waals surface area contributed by atoms with E-state index in [0.29, 0.717) is 5.56 Å². The van der Waals surface area contributed by atoms with Gasteiger partial charge in [0.1, 0.15) is 0 Å². The van der Waals surface area contributed by atoms with Crippen molar-refractivity contribution in [3.05, 3.63) is 33.9 Å². The first-order valence-electron chi connectivity index (χ1n) is 4.55. The van der Waals surface area contributed by atoms with Crippen molar-refractivity contribution in [3.63, 3.8) is 0 Å². The molecule has 6 nitrogen and oxygen atoms in total. The maximum Gasteiger partial charge on any atom is 0.310 e. The lowest BCUT2D eigenvalue weighted by molar-refractivity contribution is -0.385. The molecule has 0 bridgehead atoms. The number of benzene rings is 1. The molecule has 17 heavy (non-hydrogen) atoms. The number of hydrogen-bond acceptors (Lipinski definition) is 5. The van der Waals surface area contributed by atoms with Gasteiger partial charge in [-0.15, -0.1) is 0 Å². The Bertz CT molecular complexity index is 448. The minimum atomic E-state index is -0.966. The molecule has 1 unspecified atom stereocenters. The maximum absolute atomic E-state index is 11.1. The van der Waals surface area contributed by atoms with Gasteiger partial charge in [-0.05, 0) is 29.3 Å². The van der Waals surface area contributed by atoms with Crippen molar-refractivity contribution in [3.8, 4) is 5.75 Å². The Balaban J connectivity index is 3.21. The van der Waals surface area contributed by atoms with E-state index in [0.717, 1.165) is 0 Å². The van der Waals surface area contributed by atoms with Crippen LogP contribution in [0.3, 0.4) is 0 Å². The molecule has 7 heteroatoms. The SMILES string of the molecule is COc1cc(C(OC)C(=O)Cl)ccc1[N+](=O)[O-]. The third-order valence-electron chi connectivity index (χ3n) is 2.15. The van der Waals surface area contributed by atoms with Gasteiger partial charge in [-0.1, -0.05) is 0 Å². The fourth-order valence-corrected chi connectivity index (χ4v) is 1.58. The Hall–Kier alpha value is -1.66. The smallest absolute Gasteiger partial charge is 0.310 e. The minimum absolute atomic E-state index is 0.0486. The first-order valence-corrected chi connectivity index (χ1v) is 4.93. The summed E-state index contributed by atoms with van der Waals surface area (Å²) in [7, 11) is 2.62. The number of carbonyl (C=O) groups is 1. The predicted molar refractivity (Wildman–Crippen MR) is 60.3 cm³/mol. The molecule has 0 aromatic heterocycles. The van der Waals surface area contributed by atoms with Crippen molar-refractivity contribution in [1.29, 1.82) is 0 Å². The first-order chi connectivity index (χ1) is 8.01. The van der Waals surface area contributed by atoms with Crippen LogP contribution in [-0.4, -0.2) is 24.4 Å². The monoisotopic (exact) mass is 259 g/mol. The molecule has 1 aromatic rings. The number of hydrogen-bond donors (Lipinski definition) is 0. The zero-order valence-electron chi connectivity index (χ0n) is 9.18. The van der Waals surface area contributed by atoms with Gasteiger partial charge in [-0.3, -0.25) is 14.9 Å². The van der Waals surface area contributed by atoms with Crippen molar-refractivity contribution in [2.24, 2.45) is 0 Å². The second kappa shape index (κ2) is 5.60. The topological polar surface area (TPSA) is 78.7 Å². The van der Waals surface area contributed by atoms with E-state index in [1.807, 2.05) is 0 Å². The molecular formula is C10H10ClNO5. The summed E-state index contributed by atoms with van der Waals surface area (Å²) in [4.78, 5) is 21.1. The van der Waals surface area contributed by atoms with Gasteiger partial charge in [0, 0.05) is 13.2 Å². The molecule has 1 atom stereocenters. The number of nitrogens with zero attached hydrogens (tertiary/aromatic N) is 1. The summed E-state index contributed by atoms with van der Waals surface area (Å²) < 4.78 is 9.76. The van der Waals surface area contributed by atoms with Gasteiger partial charge in [-0.2, -0.15) is 0 Å². The largest absolute Gasteiger partial charge is 0.490 e. The van der Waals surface area contributed by atoms with Gasteiger partial charge in [0.2, 0.25) is 0 Å². The molecular weight excluding hydrogens is 250 g/mol. The van der Waals surface area contributed by atoms with Gasteiger partial charge in [-0.25, -0.2) is 0 Å². The Kier molecular flexibility index (Phi) is 4.42. The average molecular weight is 260 g/mol. The van der Waals surface area contributed by atoms with E-state index in [4.69, 9.17) is 21.1 Å². The normalized spacial score (nSPS) is 11.9. The summed E-state index contributed by atoms with van der Waals surface area (Å²) >= 11 is 5.34. The lowest BCUT2D eigenvalue weighted by Crippen LogP contribution is -2.09. The Labute approximate surface area is 102 Å². The summed E-state index contributed by atoms with van der Waals surface area (Å²) in [5.74, 6) is 0.0486. The van der Waals surface area contributed by atoms with Crippen LogP contribution in [0.15, 0.2) is 18.2 Å². The summed E-state index contributed by atoms with van der Waals surface area (Å²) in [6.45, 7) is 0. The molecule has 0 saturated carbocycles. The number of nitro groups is 1. The van der Waals surface area contributed by atoms with E-state index in [9.17, 15) is 14.9 Å². The predicted octanol–water partition coefficient (Wildman–Crippen LogP) is 2.06. The Morgan fingerprint density at radius 3 is 2.53 bits per heavy atom. The lowest BCUT2D eigenvalue weighted by atomic mass is 10.1. The first kappa shape index (κ1) is 13.4. The van der Waals surface area contributed by atoms with Gasteiger partial charge >= 0.3 is 5.69 Å². The molecule has 0 aliphatic rings. The van der Waals surface area contributed by atoms with Crippen LogP contribution in [0, 0.1) is 10.1 Å². The number of methoxy groups -OCH3 is 2. The lowest BCUT2D eigenvalue weighted by Gasteiger charge is -2.11. The maximum atomic E-state index is 11.1. The van der Waals surface area contributed by atoms with E-state index in [1.54, 1.807) is 0 Å². The minimum Gasteiger partial charge on any atom is -0.490 e. The zero-order valence-corrected chi connectivity index (χ0v) is 9.93. The molecule has 0 amide bonds. The molecule has 0 aliphatic carbocycles. The highest BCUT2D eigenvalue weighted by atomic mass is 35.5. The molecule has 1 rings (SSSR count). The zero-order chi connectivity index (χ0) is 13.0. The van der Waals surface area contributed by atoms with Gasteiger partial charge in [0.25, 0.3) is 5.24 Å². The number of nitro benzene ring substituents is 1. The third kappa shape index (κ3) is 2.92. The van der Waals surface area contributed by atoms with Crippen LogP contribution in [0.1, 0.15) is 11.7 Å². The van der Waals surface area contributed by atoms with E-state index in [1.165, 1.54) is 32.4 Å². The van der Waals surface area contributed by atoms with Crippen molar-refractivity contribution in [2.45, 2.75) is 6.10 Å². The molecule has 0 saturated heterocycles. The number of carbonyl (C=O) groups excluding carboxylic acids is 1. The average Bonchev–Trinajstić information content (AvgIpc) is 2.28. The van der Waals surface area contributed by atoms with Crippen LogP contribution in [-0.2, 0) is 9.53 Å². The quantitative estimate of drug-likeness (QED) is 0.459. The van der Waals surface area contributed by atoms with Crippen molar-refractivity contribution in [1.82, 2.24) is 0 Å². The molecule has 1 aromatic carbocycles. The van der Waals surface area contributed by atoms with Crippen LogP contribution in [0.25, 0.3) is 0 Å². The second-order valence-corrected chi connectivity index (χ2v) is 3.48. The van der Waals surface area contributed by atoms with E-state index in [2.05, 4.69) is 0 Å². The molecule has 92 valence electrons. The van der Waals surface area contributed by atoms with Crippen LogP contribution in [0.4, 0.5) is 5.69 Å². The molecule has 0 heterocycles. The summed E-state index contributed by atoms with van der Waals surface area (Å²) in [6, 6.07) is 3.99. The van der Waals surface area contributed by atoms with E-state index >= 15 is 0 Å². The Morgan fingerprint density at radius 1 is 1.47 bits per heavy atom. The van der Waals surface area contributed by atoms with Crippen LogP contribution < -0.4 is 4.74 Å². The molecule has 0 radical (unpaired) electrons. The standard InChI is InChI=1S/C10H10ClNO5/c1-16-8-5-6(9(17-2)10(11)13)3-4-7(8)12(14)15/h3-5,9H,1-2H3. The van der Waals surface area contributed by atoms with Crippen LogP contribution in [0.2, 0.25) is 0 Å². The van der Waals surface area contributed by atoms with Gasteiger partial charge < -0.3 is 9.47 Å². The fourth-order valence-electron chi connectivity index (χ4n) is 1.37. The van der Waals surface area contributed by atoms with Crippen molar-refractivity contribution < 1.29 is 19.2 Å². The second-order valence-electron chi connectivity index (χ2n) is 3.11. The number of ether oxygens (including phenoxy) is 2. The van der Waals surface area contributed by atoms with E-state index in [-0.39, 0.29) is 11.4 Å². The summed E-state index contributed by atoms with van der Waals surface area (Å²) in [6.07, 6.45) is -0.966. The highest BCUT2D eigenvalue weighted by molar-refractivity contribution is 6.64. The van der Waals surface area contributed by atoms with Gasteiger partial charge in [0.05, 0.1) is 12.0 Å². The van der Waals surface area contributed by atoms with Crippen LogP contribution >= 0.6 is 11.6 Å². The highest BCUT2D eigenvalue weighted by Gasteiger charge is 2.22. The summed E-state index contributed by atoms with van der Waals surface area (Å²) in [5.41, 5.74) is 0.211. The van der Waals surface area contributed by atoms with Gasteiger partial charge in [0.15, 0.2) is 11.9 Å². The molecule has 0 fully saturated rings. The molecule has 0 aliphatic heterocycles. The molecule has 0 N–H and O–H groups in total. The summed E-state index contributed by atoms with van der Waals surface area (Å²) in [5, 5.41) is 9.96. The number of rotatable bonds is 5. The fraction of sp³-hybridized carbons (Fsp3) is 0.300.